The van der Waals surface area contributed by atoms with Gasteiger partial charge in [0.15, 0.2) is 18.1 Å². The Balaban J connectivity index is 1.31. The lowest BCUT2D eigenvalue weighted by Crippen LogP contribution is -2.41. The number of rotatable bonds is 30. The summed E-state index contributed by atoms with van der Waals surface area (Å²) in [4.78, 5) is 0. The maximum Gasteiger partial charge on any atom is 0.183 e. The van der Waals surface area contributed by atoms with E-state index in [1.54, 1.807) is 0 Å². The van der Waals surface area contributed by atoms with E-state index in [4.69, 9.17) is 35.0 Å². The first-order valence-electron chi connectivity index (χ1n) is 22.7. The van der Waals surface area contributed by atoms with Gasteiger partial charge in [0.1, 0.15) is 12.2 Å². The number of halogens is 1. The fraction of sp³-hybridized carbons (Fsp3) is 1.00. The first kappa shape index (κ1) is 48.3. The highest BCUT2D eigenvalue weighted by atomic mass is 35.5. The SMILES string of the molecule is CCC(COCC(O)CO)O[SiH2]CC1CC2CC(CCC(CCCCl)CC3CC4CC(CC(C(COCC(O)CO)CO[Si](C)(C)C)[Si](C)(C)C)C3C4)C1C2. The molecule has 4 N–H and O–H groups in total. The van der Waals surface area contributed by atoms with Gasteiger partial charge in [-0.25, -0.2) is 0 Å². The van der Waals surface area contributed by atoms with E-state index in [2.05, 4.69) is 46.2 Å². The van der Waals surface area contributed by atoms with Crippen molar-refractivity contribution in [3.63, 3.8) is 0 Å². The molecule has 0 aromatic carbocycles. The van der Waals surface area contributed by atoms with Gasteiger partial charge in [-0.2, -0.15) is 0 Å². The molecule has 4 bridgehead atoms. The Morgan fingerprint density at radius 3 is 1.85 bits per heavy atom. The Morgan fingerprint density at radius 1 is 0.709 bits per heavy atom. The third-order valence-electron chi connectivity index (χ3n) is 14.4. The van der Waals surface area contributed by atoms with Crippen LogP contribution in [0.1, 0.15) is 90.4 Å². The van der Waals surface area contributed by atoms with Crippen molar-refractivity contribution in [3.8, 4) is 0 Å². The van der Waals surface area contributed by atoms with Crippen molar-refractivity contribution in [2.75, 3.05) is 52.1 Å². The average Bonchev–Trinajstić information content (AvgIpc) is 3.93. The van der Waals surface area contributed by atoms with Gasteiger partial charge in [0.25, 0.3) is 0 Å². The summed E-state index contributed by atoms with van der Waals surface area (Å²) in [5.74, 6) is 8.87. The zero-order valence-electron chi connectivity index (χ0n) is 36.1. The highest BCUT2D eigenvalue weighted by molar-refractivity contribution is 6.77. The van der Waals surface area contributed by atoms with Gasteiger partial charge >= 0.3 is 0 Å². The topological polar surface area (TPSA) is 118 Å². The molecule has 0 aliphatic heterocycles. The van der Waals surface area contributed by atoms with Gasteiger partial charge in [-0.15, -0.1) is 11.6 Å². The summed E-state index contributed by atoms with van der Waals surface area (Å²) in [6, 6.07) is 1.29. The molecule has 0 spiro atoms. The second-order valence-electron chi connectivity index (χ2n) is 20.9. The molecular formula is C43H85ClO8Si3. The van der Waals surface area contributed by atoms with Gasteiger partial charge < -0.3 is 38.8 Å². The lowest BCUT2D eigenvalue weighted by molar-refractivity contribution is -0.0191. The van der Waals surface area contributed by atoms with E-state index in [0.29, 0.717) is 24.7 Å². The van der Waals surface area contributed by atoms with E-state index in [-0.39, 0.29) is 32.5 Å². The van der Waals surface area contributed by atoms with Gasteiger partial charge in [0, 0.05) is 26.5 Å². The maximum absolute atomic E-state index is 10.0. The summed E-state index contributed by atoms with van der Waals surface area (Å²) in [6.45, 7) is 18.3. The van der Waals surface area contributed by atoms with Crippen molar-refractivity contribution in [3.05, 3.63) is 0 Å². The van der Waals surface area contributed by atoms with Crippen molar-refractivity contribution in [2.24, 2.45) is 59.2 Å². The van der Waals surface area contributed by atoms with Crippen LogP contribution in [0, 0.1) is 59.2 Å². The summed E-state index contributed by atoms with van der Waals surface area (Å²) in [5.41, 5.74) is 0.610. The van der Waals surface area contributed by atoms with Gasteiger partial charge in [-0.05, 0) is 162 Å². The van der Waals surface area contributed by atoms with Crippen LogP contribution < -0.4 is 0 Å². The van der Waals surface area contributed by atoms with Crippen LogP contribution in [0.3, 0.4) is 0 Å². The summed E-state index contributed by atoms with van der Waals surface area (Å²) in [6.07, 6.45) is 15.9. The number of aliphatic hydroxyl groups excluding tert-OH is 4. The van der Waals surface area contributed by atoms with Gasteiger partial charge in [0.2, 0.25) is 0 Å². The second-order valence-corrected chi connectivity index (χ2v) is 32.5. The first-order valence-corrected chi connectivity index (χ1v) is 31.8. The summed E-state index contributed by atoms with van der Waals surface area (Å²) < 4.78 is 24.7. The Labute approximate surface area is 346 Å². The summed E-state index contributed by atoms with van der Waals surface area (Å²) in [7, 11) is -3.88. The Kier molecular flexibility index (Phi) is 20.7. The molecule has 324 valence electrons. The molecule has 4 aliphatic rings. The van der Waals surface area contributed by atoms with Crippen LogP contribution >= 0.6 is 11.6 Å². The predicted molar refractivity (Wildman–Crippen MR) is 234 cm³/mol. The standard InChI is InChI=1S/C43H85ClO8Si3/c1-8-40(28-50-27-39(48)23-46)52-53-29-36-18-31-15-33(41(36)19-31)12-11-30(10-9-13-44)14-34-16-32-17-35(42(34)20-32)21-43(54(2,3)4)37(25-51-55(5,6)7)24-49-26-38(47)22-45/h30-43,45-48H,8-29,53H2,1-7H3. The number of fused-ring (bicyclic) bond motifs is 4. The maximum atomic E-state index is 10.0. The largest absolute Gasteiger partial charge is 0.419 e. The van der Waals surface area contributed by atoms with Gasteiger partial charge in [-0.3, -0.25) is 0 Å². The van der Waals surface area contributed by atoms with Gasteiger partial charge in [-0.1, -0.05) is 33.0 Å². The Bertz CT molecular complexity index is 1060. The van der Waals surface area contributed by atoms with Crippen molar-refractivity contribution < 1.29 is 38.8 Å². The van der Waals surface area contributed by atoms with Crippen LogP contribution in [0.2, 0.25) is 50.9 Å². The van der Waals surface area contributed by atoms with Gasteiger partial charge in [0.05, 0.1) is 45.7 Å². The zero-order chi connectivity index (χ0) is 40.2. The van der Waals surface area contributed by atoms with Crippen LogP contribution in [0.5, 0.6) is 0 Å². The zero-order valence-corrected chi connectivity index (χ0v) is 40.3. The number of hydrogen-bond donors (Lipinski definition) is 4. The normalized spacial score (nSPS) is 31.4. The molecule has 0 saturated heterocycles. The van der Waals surface area contributed by atoms with Crippen molar-refractivity contribution >= 4 is 37.8 Å². The fourth-order valence-electron chi connectivity index (χ4n) is 11.8. The van der Waals surface area contributed by atoms with Crippen LogP contribution in [-0.2, 0) is 18.3 Å². The molecule has 4 rings (SSSR count). The molecule has 0 amide bonds. The Morgan fingerprint density at radius 2 is 1.29 bits per heavy atom. The molecule has 0 heterocycles. The fourth-order valence-corrected chi connectivity index (χ4v) is 17.1. The third-order valence-corrected chi connectivity index (χ3v) is 20.4. The molecule has 12 heteroatoms. The molecule has 14 atom stereocenters. The molecule has 55 heavy (non-hydrogen) atoms. The molecule has 8 nitrogen and oxygen atoms in total. The molecule has 0 aromatic heterocycles. The van der Waals surface area contributed by atoms with Crippen LogP contribution in [-0.4, -0.2) is 117 Å². The Hall–Kier alpha value is 0.621. The molecule has 14 unspecified atom stereocenters. The minimum atomic E-state index is -1.70. The third kappa shape index (κ3) is 15.9. The number of hydrogen-bond acceptors (Lipinski definition) is 8. The van der Waals surface area contributed by atoms with Crippen LogP contribution in [0.4, 0.5) is 0 Å². The first-order chi connectivity index (χ1) is 26.1. The lowest BCUT2D eigenvalue weighted by Gasteiger charge is -2.41. The smallest absolute Gasteiger partial charge is 0.183 e. The monoisotopic (exact) mass is 849 g/mol. The minimum absolute atomic E-state index is 0.110. The lowest BCUT2D eigenvalue weighted by atomic mass is 9.72. The van der Waals surface area contributed by atoms with E-state index in [1.807, 2.05) is 0 Å². The highest BCUT2D eigenvalue weighted by Gasteiger charge is 2.49. The van der Waals surface area contributed by atoms with E-state index >= 15 is 0 Å². The highest BCUT2D eigenvalue weighted by Crippen LogP contribution is 2.58. The summed E-state index contributed by atoms with van der Waals surface area (Å²) in [5, 5.41) is 38.0. The number of alkyl halides is 1. The number of ether oxygens (including phenoxy) is 2. The molecule has 4 saturated carbocycles. The van der Waals surface area contributed by atoms with Crippen LogP contribution in [0.25, 0.3) is 0 Å². The quantitative estimate of drug-likeness (QED) is 0.0429. The van der Waals surface area contributed by atoms with Crippen LogP contribution in [0.15, 0.2) is 0 Å². The van der Waals surface area contributed by atoms with Crippen molar-refractivity contribution in [2.45, 2.75) is 160 Å². The minimum Gasteiger partial charge on any atom is -0.419 e. The van der Waals surface area contributed by atoms with E-state index in [9.17, 15) is 15.3 Å². The van der Waals surface area contributed by atoms with E-state index < -0.39 is 38.4 Å². The number of aliphatic hydroxyl groups is 4. The molecular weight excluding hydrogens is 764 g/mol. The average molecular weight is 850 g/mol. The van der Waals surface area contributed by atoms with E-state index in [0.717, 1.165) is 78.6 Å². The predicted octanol–water partition coefficient (Wildman–Crippen LogP) is 7.72. The second kappa shape index (κ2) is 23.6. The van der Waals surface area contributed by atoms with E-state index in [1.165, 1.54) is 76.7 Å². The van der Waals surface area contributed by atoms with Crippen molar-refractivity contribution in [1.29, 1.82) is 0 Å². The molecule has 4 aliphatic carbocycles. The van der Waals surface area contributed by atoms with Crippen molar-refractivity contribution in [1.82, 2.24) is 0 Å². The molecule has 0 radical (unpaired) electrons. The molecule has 0 aromatic rings. The molecule has 4 fully saturated rings. The summed E-state index contributed by atoms with van der Waals surface area (Å²) >= 11 is 6.34.